The molecule has 0 saturated carbocycles. The highest BCUT2D eigenvalue weighted by atomic mass is 32.2. The van der Waals surface area contributed by atoms with E-state index in [1.807, 2.05) is 24.3 Å². The van der Waals surface area contributed by atoms with Crippen LogP contribution in [0.25, 0.3) is 6.08 Å². The van der Waals surface area contributed by atoms with Gasteiger partial charge in [-0.2, -0.15) is 0 Å². The molecule has 132 valence electrons. The van der Waals surface area contributed by atoms with E-state index in [-0.39, 0.29) is 10.2 Å². The first-order valence-electron chi connectivity index (χ1n) is 8.24. The zero-order valence-corrected chi connectivity index (χ0v) is 15.7. The smallest absolute Gasteiger partial charge is 0.323 e. The van der Waals surface area contributed by atoms with Crippen LogP contribution in [0.5, 0.6) is 0 Å². The molecule has 2 rings (SSSR count). The van der Waals surface area contributed by atoms with Gasteiger partial charge in [-0.1, -0.05) is 80.2 Å². The molecular weight excluding hydrogens is 354 g/mol. The number of hydrogen-bond donors (Lipinski definition) is 1. The van der Waals surface area contributed by atoms with Crippen molar-refractivity contribution in [2.75, 3.05) is 6.54 Å². The molecular formula is C19H21NO3S2. The Kier molecular flexibility index (Phi) is 7.40. The van der Waals surface area contributed by atoms with E-state index in [2.05, 4.69) is 19.1 Å². The Labute approximate surface area is 157 Å². The van der Waals surface area contributed by atoms with Crippen molar-refractivity contribution >= 4 is 46.3 Å². The Hall–Kier alpha value is -1.92. The molecule has 1 aromatic rings. The van der Waals surface area contributed by atoms with E-state index in [0.29, 0.717) is 4.91 Å². The third kappa shape index (κ3) is 5.54. The molecule has 0 spiro atoms. The van der Waals surface area contributed by atoms with Gasteiger partial charge in [0, 0.05) is 0 Å². The summed E-state index contributed by atoms with van der Waals surface area (Å²) in [6, 6.07) is 8.22. The number of benzene rings is 1. The molecule has 25 heavy (non-hydrogen) atoms. The van der Waals surface area contributed by atoms with Crippen molar-refractivity contribution in [3.8, 4) is 0 Å². The molecule has 6 heteroatoms. The van der Waals surface area contributed by atoms with Crippen molar-refractivity contribution < 1.29 is 14.7 Å². The molecule has 1 aromatic carbocycles. The first-order valence-corrected chi connectivity index (χ1v) is 9.47. The number of nitrogens with zero attached hydrogens (tertiary/aromatic N) is 1. The molecule has 1 heterocycles. The van der Waals surface area contributed by atoms with Crippen LogP contribution in [-0.2, 0) is 16.0 Å². The van der Waals surface area contributed by atoms with Crippen LogP contribution < -0.4 is 0 Å². The molecule has 1 saturated heterocycles. The van der Waals surface area contributed by atoms with Gasteiger partial charge in [-0.15, -0.1) is 0 Å². The summed E-state index contributed by atoms with van der Waals surface area (Å²) < 4.78 is 0.284. The number of carbonyl (C=O) groups excluding carboxylic acids is 1. The van der Waals surface area contributed by atoms with Gasteiger partial charge >= 0.3 is 5.97 Å². The van der Waals surface area contributed by atoms with Crippen LogP contribution in [0.3, 0.4) is 0 Å². The number of rotatable bonds is 8. The van der Waals surface area contributed by atoms with Crippen molar-refractivity contribution in [1.29, 1.82) is 0 Å². The van der Waals surface area contributed by atoms with Crippen LogP contribution in [0.15, 0.2) is 41.3 Å². The van der Waals surface area contributed by atoms with E-state index in [0.717, 1.165) is 35.1 Å². The standard InChI is InChI=1S/C19H21NO3S2/c1-2-3-4-8-14-9-5-6-10-15(14)11-7-12-16-18(23)20(13-17(21)22)19(24)25-16/h5-7,9-12H,2-4,8,13H2,1H3,(H,21,22). The molecule has 1 N–H and O–H groups in total. The van der Waals surface area contributed by atoms with Gasteiger partial charge in [0.25, 0.3) is 5.91 Å². The lowest BCUT2D eigenvalue weighted by Gasteiger charge is -2.09. The summed E-state index contributed by atoms with van der Waals surface area (Å²) in [6.07, 6.45) is 10.1. The van der Waals surface area contributed by atoms with Crippen LogP contribution in [0.2, 0.25) is 0 Å². The van der Waals surface area contributed by atoms with Gasteiger partial charge in [0.15, 0.2) is 0 Å². The minimum atomic E-state index is -1.07. The SMILES string of the molecule is CCCCCc1ccccc1C=CC=C1SC(=S)N(CC(=O)O)C1=O. The number of thioether (sulfide) groups is 1. The van der Waals surface area contributed by atoms with Crippen molar-refractivity contribution in [3.05, 3.63) is 52.4 Å². The molecule has 1 amide bonds. The maximum absolute atomic E-state index is 12.2. The quantitative estimate of drug-likeness (QED) is 0.418. The van der Waals surface area contributed by atoms with Crippen LogP contribution in [-0.4, -0.2) is 32.7 Å². The molecule has 0 radical (unpaired) electrons. The number of carboxylic acids is 1. The van der Waals surface area contributed by atoms with E-state index >= 15 is 0 Å². The molecule has 1 aliphatic rings. The Bertz CT molecular complexity index is 725. The third-order valence-electron chi connectivity index (χ3n) is 3.80. The fourth-order valence-corrected chi connectivity index (χ4v) is 3.72. The van der Waals surface area contributed by atoms with Crippen LogP contribution >= 0.6 is 24.0 Å². The fourth-order valence-electron chi connectivity index (χ4n) is 2.51. The Morgan fingerprint density at radius 1 is 1.32 bits per heavy atom. The molecule has 0 aliphatic carbocycles. The van der Waals surface area contributed by atoms with Gasteiger partial charge < -0.3 is 5.11 Å². The first kappa shape index (κ1) is 19.4. The number of unbranched alkanes of at least 4 members (excludes halogenated alkanes) is 2. The highest BCUT2D eigenvalue weighted by molar-refractivity contribution is 8.26. The molecule has 1 aliphatic heterocycles. The maximum Gasteiger partial charge on any atom is 0.323 e. The molecule has 1 fully saturated rings. The van der Waals surface area contributed by atoms with Gasteiger partial charge in [0.1, 0.15) is 10.9 Å². The number of aliphatic carboxylic acids is 1. The number of thiocarbonyl (C=S) groups is 1. The largest absolute Gasteiger partial charge is 0.480 e. The van der Waals surface area contributed by atoms with Crippen LogP contribution in [0.1, 0.15) is 37.3 Å². The van der Waals surface area contributed by atoms with Crippen LogP contribution in [0.4, 0.5) is 0 Å². The maximum atomic E-state index is 12.2. The topological polar surface area (TPSA) is 57.6 Å². The van der Waals surface area contributed by atoms with Gasteiger partial charge in [0.05, 0.1) is 4.91 Å². The number of hydrogen-bond acceptors (Lipinski definition) is 4. The number of carboxylic acid groups (broad SMARTS) is 1. The Morgan fingerprint density at radius 3 is 2.80 bits per heavy atom. The summed E-state index contributed by atoms with van der Waals surface area (Å²) in [5.41, 5.74) is 2.43. The Morgan fingerprint density at radius 2 is 2.08 bits per heavy atom. The zero-order chi connectivity index (χ0) is 18.2. The van der Waals surface area contributed by atoms with Crippen LogP contribution in [0, 0.1) is 0 Å². The zero-order valence-electron chi connectivity index (χ0n) is 14.1. The fraction of sp³-hybridized carbons (Fsp3) is 0.316. The molecule has 0 bridgehead atoms. The summed E-state index contributed by atoms with van der Waals surface area (Å²) in [5.74, 6) is -1.42. The highest BCUT2D eigenvalue weighted by Gasteiger charge is 2.32. The molecule has 0 unspecified atom stereocenters. The lowest BCUT2D eigenvalue weighted by molar-refractivity contribution is -0.140. The average molecular weight is 376 g/mol. The minimum Gasteiger partial charge on any atom is -0.480 e. The highest BCUT2D eigenvalue weighted by Crippen LogP contribution is 2.30. The molecule has 0 atom stereocenters. The van der Waals surface area contributed by atoms with E-state index in [9.17, 15) is 9.59 Å². The second-order valence-electron chi connectivity index (χ2n) is 5.70. The van der Waals surface area contributed by atoms with E-state index in [1.54, 1.807) is 6.08 Å². The van der Waals surface area contributed by atoms with Crippen molar-refractivity contribution in [1.82, 2.24) is 4.90 Å². The van der Waals surface area contributed by atoms with Gasteiger partial charge in [-0.3, -0.25) is 14.5 Å². The second kappa shape index (κ2) is 9.53. The summed E-state index contributed by atoms with van der Waals surface area (Å²) in [7, 11) is 0. The number of carbonyl (C=O) groups is 2. The number of allylic oxidation sites excluding steroid dienone is 2. The van der Waals surface area contributed by atoms with Gasteiger partial charge in [-0.25, -0.2) is 0 Å². The average Bonchev–Trinajstić information content (AvgIpc) is 2.84. The molecule has 0 aromatic heterocycles. The van der Waals surface area contributed by atoms with Crippen molar-refractivity contribution in [3.63, 3.8) is 0 Å². The monoisotopic (exact) mass is 375 g/mol. The van der Waals surface area contributed by atoms with E-state index < -0.39 is 12.5 Å². The minimum absolute atomic E-state index is 0.284. The van der Waals surface area contributed by atoms with Gasteiger partial charge in [0.2, 0.25) is 0 Å². The Balaban J connectivity index is 2.08. The summed E-state index contributed by atoms with van der Waals surface area (Å²) in [4.78, 5) is 24.6. The van der Waals surface area contributed by atoms with Crippen molar-refractivity contribution in [2.24, 2.45) is 0 Å². The lowest BCUT2D eigenvalue weighted by Crippen LogP contribution is -2.33. The number of amides is 1. The van der Waals surface area contributed by atoms with E-state index in [4.69, 9.17) is 17.3 Å². The predicted octanol–water partition coefficient (Wildman–Crippen LogP) is 4.26. The first-order chi connectivity index (χ1) is 12.0. The van der Waals surface area contributed by atoms with E-state index in [1.165, 1.54) is 18.4 Å². The van der Waals surface area contributed by atoms with Gasteiger partial charge in [-0.05, 0) is 30.0 Å². The molecule has 4 nitrogen and oxygen atoms in total. The lowest BCUT2D eigenvalue weighted by atomic mass is 10.0. The normalized spacial score (nSPS) is 16.4. The number of aryl methyl sites for hydroxylation is 1. The predicted molar refractivity (Wildman–Crippen MR) is 106 cm³/mol. The van der Waals surface area contributed by atoms with Crippen molar-refractivity contribution in [2.45, 2.75) is 32.6 Å². The second-order valence-corrected chi connectivity index (χ2v) is 7.37. The third-order valence-corrected chi connectivity index (χ3v) is 5.19. The summed E-state index contributed by atoms with van der Waals surface area (Å²) in [6.45, 7) is 1.79. The summed E-state index contributed by atoms with van der Waals surface area (Å²) in [5, 5.41) is 8.84. The summed E-state index contributed by atoms with van der Waals surface area (Å²) >= 11 is 6.21.